The molecule has 1 aliphatic carbocycles. The van der Waals surface area contributed by atoms with E-state index in [1.165, 1.54) is 22.5 Å². The molecular formula is C40H28N4O. The number of furan rings is 1. The molecule has 214 valence electrons. The topological polar surface area (TPSA) is 55.1 Å². The molecule has 0 saturated heterocycles. The second-order valence-electron chi connectivity index (χ2n) is 11.7. The Morgan fingerprint density at radius 1 is 0.644 bits per heavy atom. The normalized spacial score (nSPS) is 16.4. The van der Waals surface area contributed by atoms with Crippen LogP contribution in [-0.2, 0) is 0 Å². The van der Waals surface area contributed by atoms with Crippen LogP contribution < -0.4 is 4.90 Å². The maximum Gasteiger partial charge on any atom is 0.164 e. The number of nitrogens with zero attached hydrogens (tertiary/aromatic N) is 4. The summed E-state index contributed by atoms with van der Waals surface area (Å²) in [6, 6.07) is 44.1. The third kappa shape index (κ3) is 4.12. The summed E-state index contributed by atoms with van der Waals surface area (Å²) in [6.07, 6.45) is 4.44. The summed E-state index contributed by atoms with van der Waals surface area (Å²) in [5.41, 5.74) is 9.75. The van der Waals surface area contributed by atoms with Crippen LogP contribution in [0, 0.1) is 6.92 Å². The van der Waals surface area contributed by atoms with Gasteiger partial charge in [0.1, 0.15) is 11.3 Å². The van der Waals surface area contributed by atoms with Crippen LogP contribution in [0.5, 0.6) is 0 Å². The van der Waals surface area contributed by atoms with Crippen molar-refractivity contribution in [2.75, 3.05) is 4.90 Å². The molecule has 5 heteroatoms. The number of rotatable bonds is 4. The molecule has 0 amide bonds. The Morgan fingerprint density at radius 3 is 1.93 bits per heavy atom. The summed E-state index contributed by atoms with van der Waals surface area (Å²) < 4.78 is 6.63. The largest absolute Gasteiger partial charge is 0.456 e. The van der Waals surface area contributed by atoms with Gasteiger partial charge in [0.25, 0.3) is 0 Å². The summed E-state index contributed by atoms with van der Waals surface area (Å²) >= 11 is 0. The summed E-state index contributed by atoms with van der Waals surface area (Å²) in [5, 5.41) is 1.14. The smallest absolute Gasteiger partial charge is 0.164 e. The van der Waals surface area contributed by atoms with E-state index in [4.69, 9.17) is 19.4 Å². The van der Waals surface area contributed by atoms with E-state index in [0.29, 0.717) is 17.5 Å². The SMILES string of the molecule is Cc1cc2c3c(oc2cc1-c1nc(-c2ccccc2)nc(-c2ccccc2)n1)C=CC1C3c2ccccc2N1c1ccccc1. The van der Waals surface area contributed by atoms with Crippen molar-refractivity contribution in [1.29, 1.82) is 0 Å². The van der Waals surface area contributed by atoms with Crippen molar-refractivity contribution < 1.29 is 4.42 Å². The van der Waals surface area contributed by atoms with Gasteiger partial charge in [0, 0.05) is 44.9 Å². The van der Waals surface area contributed by atoms with Crippen molar-refractivity contribution in [2.24, 2.45) is 0 Å². The Kier molecular flexibility index (Phi) is 5.78. The highest BCUT2D eigenvalue weighted by Gasteiger charge is 2.43. The van der Waals surface area contributed by atoms with Gasteiger partial charge >= 0.3 is 0 Å². The fourth-order valence-electron chi connectivity index (χ4n) is 6.98. The van der Waals surface area contributed by atoms with Gasteiger partial charge in [0.15, 0.2) is 17.5 Å². The van der Waals surface area contributed by atoms with E-state index >= 15 is 0 Å². The highest BCUT2D eigenvalue weighted by Crippen LogP contribution is 2.53. The van der Waals surface area contributed by atoms with Crippen molar-refractivity contribution in [2.45, 2.75) is 18.9 Å². The van der Waals surface area contributed by atoms with E-state index in [1.807, 2.05) is 60.7 Å². The first kappa shape index (κ1) is 25.7. The van der Waals surface area contributed by atoms with Crippen molar-refractivity contribution in [3.63, 3.8) is 0 Å². The first-order valence-corrected chi connectivity index (χ1v) is 15.3. The second-order valence-corrected chi connectivity index (χ2v) is 11.7. The summed E-state index contributed by atoms with van der Waals surface area (Å²) in [5.74, 6) is 2.99. The predicted octanol–water partition coefficient (Wildman–Crippen LogP) is 9.61. The molecule has 5 aromatic carbocycles. The van der Waals surface area contributed by atoms with Gasteiger partial charge in [0.2, 0.25) is 0 Å². The first-order valence-electron chi connectivity index (χ1n) is 15.3. The van der Waals surface area contributed by atoms with Crippen LogP contribution in [0.3, 0.4) is 0 Å². The number of anilines is 2. The molecule has 2 aliphatic rings. The number of hydrogen-bond donors (Lipinski definition) is 0. The van der Waals surface area contributed by atoms with Crippen molar-refractivity contribution in [1.82, 2.24) is 15.0 Å². The first-order chi connectivity index (χ1) is 22.2. The third-order valence-corrected chi connectivity index (χ3v) is 9.00. The fraction of sp³-hybridized carbons (Fsp3) is 0.0750. The van der Waals surface area contributed by atoms with Crippen LogP contribution >= 0.6 is 0 Å². The number of fused-ring (bicyclic) bond motifs is 7. The maximum atomic E-state index is 6.63. The number of benzene rings is 5. The Hall–Kier alpha value is -5.81. The van der Waals surface area contributed by atoms with Crippen molar-refractivity contribution >= 4 is 28.4 Å². The molecule has 0 N–H and O–H groups in total. The zero-order valence-electron chi connectivity index (χ0n) is 24.6. The standard InChI is InChI=1S/C40H28N4O/c1-25-23-31-35(24-30(25)40-42-38(26-13-5-2-6-14-26)41-39(43-40)27-15-7-3-8-16-27)45-34-22-21-33-36(37(31)34)29-19-11-12-20-32(29)44(33)28-17-9-4-10-18-28/h2-24,33,36H,1H3. The van der Waals surface area contributed by atoms with Crippen molar-refractivity contribution in [3.05, 3.63) is 156 Å². The average molecular weight is 581 g/mol. The Morgan fingerprint density at radius 2 is 1.24 bits per heavy atom. The number of aromatic nitrogens is 3. The second kappa shape index (κ2) is 10.1. The average Bonchev–Trinajstić information content (AvgIpc) is 3.64. The van der Waals surface area contributed by atoms with Crippen LogP contribution in [0.25, 0.3) is 51.2 Å². The lowest BCUT2D eigenvalue weighted by Gasteiger charge is -2.30. The molecule has 0 spiro atoms. The Balaban J connectivity index is 1.20. The summed E-state index contributed by atoms with van der Waals surface area (Å²) in [7, 11) is 0. The molecule has 0 radical (unpaired) electrons. The number of hydrogen-bond acceptors (Lipinski definition) is 5. The highest BCUT2D eigenvalue weighted by molar-refractivity contribution is 5.93. The number of aryl methyl sites for hydroxylation is 1. The summed E-state index contributed by atoms with van der Waals surface area (Å²) in [4.78, 5) is 17.3. The van der Waals surface area contributed by atoms with Crippen LogP contribution in [0.2, 0.25) is 0 Å². The Bertz CT molecular complexity index is 2180. The van der Waals surface area contributed by atoms with E-state index in [0.717, 1.165) is 39.0 Å². The predicted molar refractivity (Wildman–Crippen MR) is 180 cm³/mol. The van der Waals surface area contributed by atoms with Crippen LogP contribution in [0.4, 0.5) is 11.4 Å². The molecule has 1 aliphatic heterocycles. The van der Waals surface area contributed by atoms with Gasteiger partial charge in [0.05, 0.1) is 6.04 Å². The van der Waals surface area contributed by atoms with Crippen molar-refractivity contribution in [3.8, 4) is 34.2 Å². The molecule has 3 heterocycles. The van der Waals surface area contributed by atoms with E-state index in [-0.39, 0.29) is 12.0 Å². The molecule has 45 heavy (non-hydrogen) atoms. The van der Waals surface area contributed by atoms with Gasteiger partial charge in [-0.1, -0.05) is 103 Å². The van der Waals surface area contributed by atoms with Gasteiger partial charge in [-0.25, -0.2) is 15.0 Å². The molecule has 0 fully saturated rings. The lowest BCUT2D eigenvalue weighted by Crippen LogP contribution is -2.30. The van der Waals surface area contributed by atoms with Crippen LogP contribution in [0.15, 0.2) is 138 Å². The maximum absolute atomic E-state index is 6.63. The number of para-hydroxylation sites is 2. The molecule has 7 aromatic rings. The fourth-order valence-corrected chi connectivity index (χ4v) is 6.98. The monoisotopic (exact) mass is 580 g/mol. The van der Waals surface area contributed by atoms with Crippen LogP contribution in [0.1, 0.15) is 28.4 Å². The third-order valence-electron chi connectivity index (χ3n) is 9.00. The molecule has 2 unspecified atom stereocenters. The minimum absolute atomic E-state index is 0.152. The summed E-state index contributed by atoms with van der Waals surface area (Å²) in [6.45, 7) is 2.14. The molecule has 0 saturated carbocycles. The van der Waals surface area contributed by atoms with Gasteiger partial charge in [-0.05, 0) is 54.5 Å². The lowest BCUT2D eigenvalue weighted by atomic mass is 9.82. The molecule has 2 atom stereocenters. The minimum Gasteiger partial charge on any atom is -0.456 e. The van der Waals surface area contributed by atoms with E-state index in [2.05, 4.69) is 90.7 Å². The van der Waals surface area contributed by atoms with Gasteiger partial charge in [-0.3, -0.25) is 0 Å². The van der Waals surface area contributed by atoms with E-state index in [1.54, 1.807) is 0 Å². The highest BCUT2D eigenvalue weighted by atomic mass is 16.3. The van der Waals surface area contributed by atoms with Gasteiger partial charge in [-0.2, -0.15) is 0 Å². The van der Waals surface area contributed by atoms with Crippen LogP contribution in [-0.4, -0.2) is 21.0 Å². The van der Waals surface area contributed by atoms with Gasteiger partial charge < -0.3 is 9.32 Å². The van der Waals surface area contributed by atoms with E-state index < -0.39 is 0 Å². The van der Waals surface area contributed by atoms with Gasteiger partial charge in [-0.15, -0.1) is 0 Å². The molecule has 9 rings (SSSR count). The Labute approximate surface area is 261 Å². The van der Waals surface area contributed by atoms with E-state index in [9.17, 15) is 0 Å². The zero-order chi connectivity index (χ0) is 29.9. The zero-order valence-corrected chi connectivity index (χ0v) is 24.6. The quantitative estimate of drug-likeness (QED) is 0.207. The molecule has 0 bridgehead atoms. The molecular weight excluding hydrogens is 552 g/mol. The lowest BCUT2D eigenvalue weighted by molar-refractivity contribution is 0.584. The minimum atomic E-state index is 0.152. The molecule has 2 aromatic heterocycles. The molecule has 5 nitrogen and oxygen atoms in total.